The van der Waals surface area contributed by atoms with Crippen molar-refractivity contribution in [2.75, 3.05) is 26.4 Å². The van der Waals surface area contributed by atoms with Crippen LogP contribution in [0.2, 0.25) is 0 Å². The minimum atomic E-state index is -0.386. The lowest BCUT2D eigenvalue weighted by Crippen LogP contribution is -2.27. The van der Waals surface area contributed by atoms with Crippen LogP contribution in [0.5, 0.6) is 0 Å². The number of hydrogen-bond donors (Lipinski definition) is 0. The molecule has 0 aromatic rings. The molecule has 0 aliphatic carbocycles. The number of carbonyl (C=O) groups excluding carboxylic acids is 1. The van der Waals surface area contributed by atoms with E-state index in [0.29, 0.717) is 18.8 Å². The Balaban J connectivity index is 2.05. The van der Waals surface area contributed by atoms with E-state index in [-0.39, 0.29) is 30.9 Å². The molecule has 5 heteroatoms. The Hall–Kier alpha value is -0.910. The van der Waals surface area contributed by atoms with E-state index in [0.717, 1.165) is 19.4 Å². The van der Waals surface area contributed by atoms with Gasteiger partial charge >= 0.3 is 5.97 Å². The van der Waals surface area contributed by atoms with Crippen molar-refractivity contribution in [3.63, 3.8) is 0 Å². The van der Waals surface area contributed by atoms with E-state index in [1.54, 1.807) is 6.92 Å². The third-order valence-electron chi connectivity index (χ3n) is 3.00. The van der Waals surface area contributed by atoms with Gasteiger partial charge in [0.2, 0.25) is 0 Å². The maximum absolute atomic E-state index is 11.2. The molecule has 0 bridgehead atoms. The normalized spacial score (nSPS) is 21.4. The van der Waals surface area contributed by atoms with Crippen molar-refractivity contribution in [3.05, 3.63) is 12.2 Å². The van der Waals surface area contributed by atoms with Crippen molar-refractivity contribution in [1.29, 1.82) is 0 Å². The van der Waals surface area contributed by atoms with Gasteiger partial charge in [-0.3, -0.25) is 0 Å². The minimum Gasteiger partial charge on any atom is -0.460 e. The van der Waals surface area contributed by atoms with Crippen LogP contribution in [0.3, 0.4) is 0 Å². The molecule has 1 saturated heterocycles. The van der Waals surface area contributed by atoms with E-state index in [4.69, 9.17) is 18.9 Å². The first kappa shape index (κ1) is 17.1. The monoisotopic (exact) mass is 286 g/mol. The Kier molecular flexibility index (Phi) is 7.80. The summed E-state index contributed by atoms with van der Waals surface area (Å²) in [5, 5.41) is 0. The zero-order valence-corrected chi connectivity index (χ0v) is 12.7. The van der Waals surface area contributed by atoms with Crippen LogP contribution in [-0.2, 0) is 23.7 Å². The topological polar surface area (TPSA) is 54.0 Å². The van der Waals surface area contributed by atoms with E-state index in [1.165, 1.54) is 0 Å². The highest BCUT2D eigenvalue weighted by atomic mass is 16.6. The van der Waals surface area contributed by atoms with Crippen molar-refractivity contribution in [1.82, 2.24) is 0 Å². The molecule has 1 heterocycles. The van der Waals surface area contributed by atoms with E-state index in [9.17, 15) is 4.79 Å². The van der Waals surface area contributed by atoms with Crippen molar-refractivity contribution in [2.24, 2.45) is 0 Å². The molecule has 20 heavy (non-hydrogen) atoms. The van der Waals surface area contributed by atoms with Crippen LogP contribution in [0.1, 0.15) is 33.6 Å². The van der Waals surface area contributed by atoms with Crippen LogP contribution >= 0.6 is 0 Å². The first-order valence-electron chi connectivity index (χ1n) is 7.16. The molecule has 0 aromatic carbocycles. The lowest BCUT2D eigenvalue weighted by Gasteiger charge is -2.19. The zero-order valence-electron chi connectivity index (χ0n) is 12.7. The summed E-state index contributed by atoms with van der Waals surface area (Å²) in [7, 11) is 0. The number of hydrogen-bond acceptors (Lipinski definition) is 5. The molecule has 1 rings (SSSR count). The summed E-state index contributed by atoms with van der Waals surface area (Å²) in [6.07, 6.45) is 2.25. The summed E-state index contributed by atoms with van der Waals surface area (Å²) >= 11 is 0. The largest absolute Gasteiger partial charge is 0.460 e. The van der Waals surface area contributed by atoms with Gasteiger partial charge in [0.05, 0.1) is 31.5 Å². The number of carbonyl (C=O) groups is 1. The lowest BCUT2D eigenvalue weighted by molar-refractivity contribution is -0.144. The highest BCUT2D eigenvalue weighted by Crippen LogP contribution is 2.12. The summed E-state index contributed by atoms with van der Waals surface area (Å²) in [5.41, 5.74) is 0.394. The van der Waals surface area contributed by atoms with Gasteiger partial charge in [0, 0.05) is 12.2 Å². The number of esters is 1. The zero-order chi connectivity index (χ0) is 15.0. The highest BCUT2D eigenvalue weighted by Gasteiger charge is 2.17. The van der Waals surface area contributed by atoms with Gasteiger partial charge in [-0.1, -0.05) is 6.58 Å². The molecule has 116 valence electrons. The standard InChI is InChI=1S/C15H26O5/c1-11(2)15(16)20-9-13(4)18-8-12(3)19-10-14-6-5-7-17-14/h12-14H,1,5-10H2,2-4H3. The quantitative estimate of drug-likeness (QED) is 0.480. The Bertz CT molecular complexity index is 309. The molecule has 3 atom stereocenters. The third kappa shape index (κ3) is 7.03. The van der Waals surface area contributed by atoms with Gasteiger partial charge in [0.15, 0.2) is 0 Å². The SMILES string of the molecule is C=C(C)C(=O)OCC(C)OCC(C)OCC1CCCO1. The van der Waals surface area contributed by atoms with Crippen LogP contribution in [0.15, 0.2) is 12.2 Å². The summed E-state index contributed by atoms with van der Waals surface area (Å²) in [6, 6.07) is 0. The summed E-state index contributed by atoms with van der Waals surface area (Å²) in [6.45, 7) is 11.1. The van der Waals surface area contributed by atoms with Crippen LogP contribution in [0.25, 0.3) is 0 Å². The predicted molar refractivity (Wildman–Crippen MR) is 75.6 cm³/mol. The van der Waals surface area contributed by atoms with Gasteiger partial charge in [-0.05, 0) is 33.6 Å². The smallest absolute Gasteiger partial charge is 0.333 e. The van der Waals surface area contributed by atoms with Crippen molar-refractivity contribution in [2.45, 2.75) is 51.9 Å². The van der Waals surface area contributed by atoms with E-state index in [1.807, 2.05) is 13.8 Å². The molecule has 0 N–H and O–H groups in total. The fourth-order valence-corrected chi connectivity index (χ4v) is 1.76. The molecule has 0 aromatic heterocycles. The van der Waals surface area contributed by atoms with Crippen molar-refractivity contribution in [3.8, 4) is 0 Å². The maximum atomic E-state index is 11.2. The molecule has 0 amide bonds. The summed E-state index contributed by atoms with van der Waals surface area (Å²) in [4.78, 5) is 11.2. The van der Waals surface area contributed by atoms with E-state index in [2.05, 4.69) is 6.58 Å². The lowest BCUT2D eigenvalue weighted by atomic mass is 10.2. The van der Waals surface area contributed by atoms with Crippen molar-refractivity contribution < 1.29 is 23.7 Å². The molecule has 3 unspecified atom stereocenters. The Morgan fingerprint density at radius 1 is 1.30 bits per heavy atom. The molecular weight excluding hydrogens is 260 g/mol. The van der Waals surface area contributed by atoms with Gasteiger partial charge in [-0.15, -0.1) is 0 Å². The fourth-order valence-electron chi connectivity index (χ4n) is 1.76. The second-order valence-corrected chi connectivity index (χ2v) is 5.30. The van der Waals surface area contributed by atoms with Gasteiger partial charge in [-0.25, -0.2) is 4.79 Å². The Labute approximate surface area is 121 Å². The minimum absolute atomic E-state index is 0.00140. The van der Waals surface area contributed by atoms with Gasteiger partial charge in [0.1, 0.15) is 6.61 Å². The third-order valence-corrected chi connectivity index (χ3v) is 3.00. The first-order chi connectivity index (χ1) is 9.49. The summed E-state index contributed by atoms with van der Waals surface area (Å²) in [5.74, 6) is -0.386. The Morgan fingerprint density at radius 3 is 2.60 bits per heavy atom. The maximum Gasteiger partial charge on any atom is 0.333 e. The summed E-state index contributed by atoms with van der Waals surface area (Å²) < 4.78 is 21.7. The molecule has 5 nitrogen and oxygen atoms in total. The highest BCUT2D eigenvalue weighted by molar-refractivity contribution is 5.86. The molecular formula is C15H26O5. The molecule has 0 saturated carbocycles. The van der Waals surface area contributed by atoms with Crippen LogP contribution in [-0.4, -0.2) is 50.7 Å². The predicted octanol–water partition coefficient (Wildman–Crippen LogP) is 2.09. The average molecular weight is 286 g/mol. The Morgan fingerprint density at radius 2 is 2.00 bits per heavy atom. The number of rotatable bonds is 9. The first-order valence-corrected chi connectivity index (χ1v) is 7.16. The average Bonchev–Trinajstić information content (AvgIpc) is 2.93. The fraction of sp³-hybridized carbons (Fsp3) is 0.800. The second kappa shape index (κ2) is 9.10. The van der Waals surface area contributed by atoms with Gasteiger partial charge in [-0.2, -0.15) is 0 Å². The van der Waals surface area contributed by atoms with Crippen LogP contribution < -0.4 is 0 Å². The van der Waals surface area contributed by atoms with Crippen LogP contribution in [0.4, 0.5) is 0 Å². The molecule has 1 aliphatic heterocycles. The molecule has 0 spiro atoms. The van der Waals surface area contributed by atoms with Gasteiger partial charge in [0.25, 0.3) is 0 Å². The van der Waals surface area contributed by atoms with Crippen LogP contribution in [0, 0.1) is 0 Å². The van der Waals surface area contributed by atoms with E-state index < -0.39 is 0 Å². The second-order valence-electron chi connectivity index (χ2n) is 5.30. The molecule has 1 aliphatic rings. The van der Waals surface area contributed by atoms with Crippen molar-refractivity contribution >= 4 is 5.97 Å². The van der Waals surface area contributed by atoms with E-state index >= 15 is 0 Å². The molecule has 1 fully saturated rings. The molecule has 0 radical (unpaired) electrons. The van der Waals surface area contributed by atoms with Gasteiger partial charge < -0.3 is 18.9 Å². The number of ether oxygens (including phenoxy) is 4.